The molecule has 0 heterocycles. The molecule has 0 saturated carbocycles. The molecule has 8 heteroatoms. The molecule has 3 rings (SSSR count). The molecule has 1 aliphatic rings. The minimum atomic E-state index is -1.05. The monoisotopic (exact) mass is 468 g/mol. The summed E-state index contributed by atoms with van der Waals surface area (Å²) >= 11 is 0. The van der Waals surface area contributed by atoms with E-state index in [-0.39, 0.29) is 50.5 Å². The third-order valence-corrected chi connectivity index (χ3v) is 5.67. The summed E-state index contributed by atoms with van der Waals surface area (Å²) in [7, 11) is 0. The van der Waals surface area contributed by atoms with E-state index in [9.17, 15) is 19.5 Å². The molecule has 2 aromatic rings. The molecule has 0 spiro atoms. The molecular weight excluding hydrogens is 436 g/mol. The zero-order chi connectivity index (χ0) is 24.5. The number of carbonyl (C=O) groups is 3. The Balaban J connectivity index is 1.33. The maximum atomic E-state index is 12.1. The Morgan fingerprint density at radius 2 is 1.59 bits per heavy atom. The Bertz CT molecular complexity index is 961. The Kier molecular flexibility index (Phi) is 9.04. The smallest absolute Gasteiger partial charge is 0.407 e. The number of carboxylic acids is 1. The maximum absolute atomic E-state index is 12.1. The van der Waals surface area contributed by atoms with Crippen molar-refractivity contribution >= 4 is 18.0 Å². The van der Waals surface area contributed by atoms with Crippen LogP contribution in [0.25, 0.3) is 11.1 Å². The molecule has 182 valence electrons. The van der Waals surface area contributed by atoms with Crippen molar-refractivity contribution in [3.05, 3.63) is 59.7 Å². The van der Waals surface area contributed by atoms with Crippen LogP contribution in [0.4, 0.5) is 4.79 Å². The first-order valence-electron chi connectivity index (χ1n) is 11.6. The number of aliphatic carboxylic acids is 1. The van der Waals surface area contributed by atoms with Crippen LogP contribution in [-0.4, -0.2) is 55.5 Å². The van der Waals surface area contributed by atoms with E-state index in [2.05, 4.69) is 34.9 Å². The van der Waals surface area contributed by atoms with Crippen LogP contribution in [0.5, 0.6) is 0 Å². The van der Waals surface area contributed by atoms with Crippen molar-refractivity contribution in [3.8, 4) is 11.1 Å². The number of hydrogen-bond donors (Lipinski definition) is 3. The van der Waals surface area contributed by atoms with Crippen molar-refractivity contribution < 1.29 is 29.0 Å². The molecule has 3 N–H and O–H groups in total. The minimum Gasteiger partial charge on any atom is -0.480 e. The van der Waals surface area contributed by atoms with Gasteiger partial charge in [-0.2, -0.15) is 0 Å². The quantitative estimate of drug-likeness (QED) is 0.411. The summed E-state index contributed by atoms with van der Waals surface area (Å²) in [6.45, 7) is 4.62. The normalized spacial score (nSPS) is 13.1. The lowest BCUT2D eigenvalue weighted by atomic mass is 9.98. The Morgan fingerprint density at radius 3 is 2.18 bits per heavy atom. The van der Waals surface area contributed by atoms with Gasteiger partial charge in [0.25, 0.3) is 0 Å². The van der Waals surface area contributed by atoms with Crippen molar-refractivity contribution in [2.24, 2.45) is 5.92 Å². The zero-order valence-electron chi connectivity index (χ0n) is 19.6. The average molecular weight is 469 g/mol. The van der Waals surface area contributed by atoms with E-state index in [0.717, 1.165) is 11.1 Å². The summed E-state index contributed by atoms with van der Waals surface area (Å²) in [5.41, 5.74) is 4.64. The predicted molar refractivity (Wildman–Crippen MR) is 128 cm³/mol. The number of fused-ring (bicyclic) bond motifs is 3. The van der Waals surface area contributed by atoms with Crippen molar-refractivity contribution in [2.75, 3.05) is 26.4 Å². The van der Waals surface area contributed by atoms with Gasteiger partial charge in [-0.3, -0.25) is 4.79 Å². The topological polar surface area (TPSA) is 114 Å². The summed E-state index contributed by atoms with van der Waals surface area (Å²) in [4.78, 5) is 35.3. The molecule has 34 heavy (non-hydrogen) atoms. The van der Waals surface area contributed by atoms with Crippen molar-refractivity contribution in [1.29, 1.82) is 0 Å². The van der Waals surface area contributed by atoms with Crippen LogP contribution in [0, 0.1) is 5.92 Å². The van der Waals surface area contributed by atoms with Gasteiger partial charge in [-0.15, -0.1) is 0 Å². The number of carbonyl (C=O) groups excluding carboxylic acids is 2. The number of benzene rings is 2. The van der Waals surface area contributed by atoms with Crippen LogP contribution in [0.1, 0.15) is 43.7 Å². The van der Waals surface area contributed by atoms with Gasteiger partial charge in [0, 0.05) is 18.9 Å². The molecule has 0 aliphatic heterocycles. The standard InChI is InChI=1S/C26H32N2O6/c1-17(2)15-23(25(30)31)28-24(29)11-13-33-14-12-27-26(32)34-16-22-20-9-5-3-7-18(20)19-8-4-6-10-21(19)22/h3-10,17,22-23H,11-16H2,1-2H3,(H,27,32)(H,28,29)(H,30,31)/t23-/m1/s1. The number of ether oxygens (including phenoxy) is 2. The van der Waals surface area contributed by atoms with Crippen molar-refractivity contribution in [2.45, 2.75) is 38.6 Å². The summed E-state index contributed by atoms with van der Waals surface area (Å²) in [6, 6.07) is 15.4. The van der Waals surface area contributed by atoms with Gasteiger partial charge in [0.2, 0.25) is 5.91 Å². The van der Waals surface area contributed by atoms with Crippen LogP contribution < -0.4 is 10.6 Å². The maximum Gasteiger partial charge on any atom is 0.407 e. The fourth-order valence-corrected chi connectivity index (χ4v) is 4.10. The molecule has 8 nitrogen and oxygen atoms in total. The predicted octanol–water partition coefficient (Wildman–Crippen LogP) is 3.55. The van der Waals surface area contributed by atoms with E-state index >= 15 is 0 Å². The molecule has 2 aromatic carbocycles. The lowest BCUT2D eigenvalue weighted by Crippen LogP contribution is -2.42. The molecule has 0 aromatic heterocycles. The minimum absolute atomic E-state index is 0.00163. The highest BCUT2D eigenvalue weighted by molar-refractivity contribution is 5.83. The first-order chi connectivity index (χ1) is 16.4. The van der Waals surface area contributed by atoms with Gasteiger partial charge in [0.15, 0.2) is 0 Å². The summed E-state index contributed by atoms with van der Waals surface area (Å²) in [6.07, 6.45) is -0.111. The molecular formula is C26H32N2O6. The number of alkyl carbamates (subject to hydrolysis) is 1. The molecule has 0 radical (unpaired) electrons. The molecule has 0 bridgehead atoms. The molecule has 0 fully saturated rings. The third kappa shape index (κ3) is 6.81. The van der Waals surface area contributed by atoms with E-state index < -0.39 is 18.1 Å². The van der Waals surface area contributed by atoms with Crippen molar-refractivity contribution in [3.63, 3.8) is 0 Å². The second kappa shape index (κ2) is 12.2. The second-order valence-corrected chi connectivity index (χ2v) is 8.70. The van der Waals surface area contributed by atoms with E-state index in [0.29, 0.717) is 6.42 Å². The molecule has 0 saturated heterocycles. The number of carboxylic acid groups (broad SMARTS) is 1. The van der Waals surface area contributed by atoms with Gasteiger partial charge < -0.3 is 25.2 Å². The molecule has 1 atom stereocenters. The van der Waals surface area contributed by atoms with Gasteiger partial charge in [0.1, 0.15) is 12.6 Å². The van der Waals surface area contributed by atoms with Crippen molar-refractivity contribution in [1.82, 2.24) is 10.6 Å². The van der Waals surface area contributed by atoms with E-state index in [1.54, 1.807) is 0 Å². The lowest BCUT2D eigenvalue weighted by molar-refractivity contribution is -0.142. The summed E-state index contributed by atoms with van der Waals surface area (Å²) in [5.74, 6) is -1.27. The first-order valence-corrected chi connectivity index (χ1v) is 11.6. The van der Waals surface area contributed by atoms with Gasteiger partial charge in [-0.1, -0.05) is 62.4 Å². The summed E-state index contributed by atoms with van der Waals surface area (Å²) in [5, 5.41) is 14.3. The third-order valence-electron chi connectivity index (χ3n) is 5.67. The highest BCUT2D eigenvalue weighted by Crippen LogP contribution is 2.44. The lowest BCUT2D eigenvalue weighted by Gasteiger charge is -2.16. The Morgan fingerprint density at radius 1 is 0.971 bits per heavy atom. The van der Waals surface area contributed by atoms with Crippen LogP contribution >= 0.6 is 0 Å². The Labute approximate surface area is 199 Å². The SMILES string of the molecule is CC(C)C[C@@H](NC(=O)CCOCCNC(=O)OCC1c2ccccc2-c2ccccc21)C(=O)O. The number of nitrogens with one attached hydrogen (secondary N) is 2. The number of hydrogen-bond acceptors (Lipinski definition) is 5. The average Bonchev–Trinajstić information content (AvgIpc) is 3.13. The number of amides is 2. The van der Waals surface area contributed by atoms with E-state index in [4.69, 9.17) is 9.47 Å². The van der Waals surface area contributed by atoms with Crippen LogP contribution in [0.3, 0.4) is 0 Å². The fraction of sp³-hybridized carbons (Fsp3) is 0.423. The molecule has 0 unspecified atom stereocenters. The van der Waals surface area contributed by atoms with Crippen LogP contribution in [-0.2, 0) is 19.1 Å². The van der Waals surface area contributed by atoms with E-state index in [1.807, 2.05) is 38.1 Å². The van der Waals surface area contributed by atoms with Gasteiger partial charge >= 0.3 is 12.1 Å². The molecule has 2 amide bonds. The first kappa shape index (κ1) is 25.2. The van der Waals surface area contributed by atoms with Crippen LogP contribution in [0.15, 0.2) is 48.5 Å². The van der Waals surface area contributed by atoms with Gasteiger partial charge in [0.05, 0.1) is 13.2 Å². The fourth-order valence-electron chi connectivity index (χ4n) is 4.10. The Hall–Kier alpha value is -3.39. The van der Waals surface area contributed by atoms with Crippen LogP contribution in [0.2, 0.25) is 0 Å². The molecule has 1 aliphatic carbocycles. The van der Waals surface area contributed by atoms with Gasteiger partial charge in [-0.25, -0.2) is 9.59 Å². The van der Waals surface area contributed by atoms with Gasteiger partial charge in [-0.05, 0) is 34.6 Å². The van der Waals surface area contributed by atoms with E-state index in [1.165, 1.54) is 11.1 Å². The highest BCUT2D eigenvalue weighted by Gasteiger charge is 2.29. The zero-order valence-corrected chi connectivity index (χ0v) is 19.6. The second-order valence-electron chi connectivity index (χ2n) is 8.70. The number of rotatable bonds is 12. The highest BCUT2D eigenvalue weighted by atomic mass is 16.5. The summed E-state index contributed by atoms with van der Waals surface area (Å²) < 4.78 is 10.8. The largest absolute Gasteiger partial charge is 0.480 e.